The van der Waals surface area contributed by atoms with Crippen LogP contribution in [0.4, 0.5) is 22.0 Å². The lowest BCUT2D eigenvalue weighted by molar-refractivity contribution is -0.180. The van der Waals surface area contributed by atoms with Crippen molar-refractivity contribution >= 4 is 17.7 Å². The number of aliphatic hydroxyl groups is 4. The molecule has 4 rings (SSSR count). The highest BCUT2D eigenvalue weighted by Crippen LogP contribution is 2.55. The number of hydrogen-bond acceptors (Lipinski definition) is 9. The summed E-state index contributed by atoms with van der Waals surface area (Å²) in [7, 11) is 0. The molecule has 1 saturated heterocycles. The van der Waals surface area contributed by atoms with Crippen molar-refractivity contribution in [3.8, 4) is 11.3 Å². The summed E-state index contributed by atoms with van der Waals surface area (Å²) in [6.07, 6.45) is -4.99. The largest absolute Gasteiger partial charge is 0.394 e. The van der Waals surface area contributed by atoms with Crippen LogP contribution in [0.2, 0.25) is 0 Å². The van der Waals surface area contributed by atoms with Crippen LogP contribution in [0.1, 0.15) is 65.8 Å². The number of benzene rings is 1. The molecular formula is C29H39F5N4O6S. The Labute approximate surface area is 261 Å². The Hall–Kier alpha value is -2.37. The first-order valence-corrected chi connectivity index (χ1v) is 15.4. The average molecular weight is 667 g/mol. The molecule has 6 atom stereocenters. The van der Waals surface area contributed by atoms with Gasteiger partial charge in [0.15, 0.2) is 17.5 Å². The van der Waals surface area contributed by atoms with E-state index in [9.17, 15) is 47.2 Å². The predicted molar refractivity (Wildman–Crippen MR) is 154 cm³/mol. The van der Waals surface area contributed by atoms with Gasteiger partial charge in [-0.1, -0.05) is 26.0 Å². The minimum absolute atomic E-state index is 0.117. The standard InChI is InChI=1S/C29H39F5N4O6S/c1-15(40)35-14-28(13-26(2,3)4,27(43)5-7-29(33,34)8-6-27)45-25-24(42)22(23(41)20(12-39)44-25)38-11-19(36-37-38)16-9-17(30)21(32)18(31)10-16/h9-11,20,22-25,39,41-43H,5-8,12-14H2,1-4H3,(H,35,40)/t20-,22+,23+,24-,25+,28?/m1/s1. The maximum Gasteiger partial charge on any atom is 0.248 e. The molecule has 2 heterocycles. The van der Waals surface area contributed by atoms with E-state index < -0.39 is 94.3 Å². The highest BCUT2D eigenvalue weighted by Gasteiger charge is 2.59. The van der Waals surface area contributed by atoms with Crippen LogP contribution in [-0.2, 0) is 9.53 Å². The Kier molecular flexibility index (Phi) is 10.3. The lowest BCUT2D eigenvalue weighted by atomic mass is 9.68. The van der Waals surface area contributed by atoms with Crippen molar-refractivity contribution in [1.29, 1.82) is 0 Å². The zero-order valence-electron chi connectivity index (χ0n) is 25.3. The fourth-order valence-corrected chi connectivity index (χ4v) is 8.19. The van der Waals surface area contributed by atoms with Crippen molar-refractivity contribution in [2.75, 3.05) is 13.2 Å². The second kappa shape index (κ2) is 13.0. The maximum absolute atomic E-state index is 14.3. The lowest BCUT2D eigenvalue weighted by Gasteiger charge is -2.54. The van der Waals surface area contributed by atoms with Crippen molar-refractivity contribution in [3.63, 3.8) is 0 Å². The zero-order valence-corrected chi connectivity index (χ0v) is 26.1. The van der Waals surface area contributed by atoms with E-state index >= 15 is 0 Å². The number of amides is 1. The molecule has 0 bridgehead atoms. The van der Waals surface area contributed by atoms with Gasteiger partial charge < -0.3 is 30.5 Å². The second-order valence-corrected chi connectivity index (χ2v) is 14.7. The molecule has 1 aliphatic heterocycles. The van der Waals surface area contributed by atoms with Gasteiger partial charge in [0.25, 0.3) is 0 Å². The number of rotatable bonds is 9. The van der Waals surface area contributed by atoms with Crippen LogP contribution in [0.25, 0.3) is 11.3 Å². The van der Waals surface area contributed by atoms with Crippen molar-refractivity contribution in [3.05, 3.63) is 35.8 Å². The third-order valence-corrected chi connectivity index (χ3v) is 10.1. The Balaban J connectivity index is 1.74. The number of carbonyl (C=O) groups is 1. The summed E-state index contributed by atoms with van der Waals surface area (Å²) in [5.41, 5.74) is -3.89. The van der Waals surface area contributed by atoms with Gasteiger partial charge in [0, 0.05) is 31.9 Å². The maximum atomic E-state index is 14.3. The van der Waals surface area contributed by atoms with Gasteiger partial charge in [-0.15, -0.1) is 16.9 Å². The van der Waals surface area contributed by atoms with Crippen molar-refractivity contribution < 1.29 is 51.9 Å². The molecule has 1 aromatic carbocycles. The number of halogens is 5. The molecule has 2 fully saturated rings. The van der Waals surface area contributed by atoms with E-state index in [1.54, 1.807) is 0 Å². The molecule has 1 unspecified atom stereocenters. The highest BCUT2D eigenvalue weighted by molar-refractivity contribution is 8.01. The molecule has 0 spiro atoms. The van der Waals surface area contributed by atoms with E-state index in [1.165, 1.54) is 13.1 Å². The van der Waals surface area contributed by atoms with Gasteiger partial charge in [0.05, 0.1) is 23.2 Å². The van der Waals surface area contributed by atoms with E-state index in [2.05, 4.69) is 15.6 Å². The summed E-state index contributed by atoms with van der Waals surface area (Å²) < 4.78 is 75.4. The van der Waals surface area contributed by atoms with Crippen molar-refractivity contribution in [2.45, 2.75) is 106 Å². The summed E-state index contributed by atoms with van der Waals surface area (Å²) in [6.45, 7) is 5.99. The summed E-state index contributed by atoms with van der Waals surface area (Å²) in [4.78, 5) is 12.1. The third kappa shape index (κ3) is 7.62. The van der Waals surface area contributed by atoms with Crippen LogP contribution in [0.3, 0.4) is 0 Å². The Morgan fingerprint density at radius 2 is 1.71 bits per heavy atom. The molecular weight excluding hydrogens is 627 g/mol. The number of ether oxygens (including phenoxy) is 1. The molecule has 16 heteroatoms. The van der Waals surface area contributed by atoms with E-state index in [-0.39, 0.29) is 37.1 Å². The fraction of sp³-hybridized carbons (Fsp3) is 0.690. The molecule has 10 nitrogen and oxygen atoms in total. The molecule has 2 aromatic rings. The van der Waals surface area contributed by atoms with Crippen LogP contribution in [0.15, 0.2) is 18.3 Å². The minimum Gasteiger partial charge on any atom is -0.394 e. The topological polar surface area (TPSA) is 150 Å². The van der Waals surface area contributed by atoms with Crippen LogP contribution in [0.5, 0.6) is 0 Å². The smallest absolute Gasteiger partial charge is 0.248 e. The van der Waals surface area contributed by atoms with Crippen molar-refractivity contribution in [1.82, 2.24) is 20.3 Å². The fourth-order valence-electron chi connectivity index (χ4n) is 6.15. The van der Waals surface area contributed by atoms with Gasteiger partial charge in [-0.25, -0.2) is 26.6 Å². The monoisotopic (exact) mass is 666 g/mol. The number of hydrogen-bond donors (Lipinski definition) is 5. The number of aromatic nitrogens is 3. The van der Waals surface area contributed by atoms with Crippen LogP contribution in [0, 0.1) is 22.9 Å². The number of nitrogens with one attached hydrogen (secondary N) is 1. The molecule has 1 saturated carbocycles. The van der Waals surface area contributed by atoms with E-state index in [1.807, 2.05) is 20.8 Å². The SMILES string of the molecule is CC(=O)NCC(CC(C)(C)C)(S[C@@H]1O[C@H](CO)[C@H](O)[C@H](n2cc(-c3cc(F)c(F)c(F)c3)nn2)[C@H]1O)C1(O)CCC(F)(F)CC1. The zero-order chi connectivity index (χ0) is 33.5. The number of aliphatic hydroxyl groups excluding tert-OH is 3. The van der Waals surface area contributed by atoms with Crippen LogP contribution >= 0.6 is 11.8 Å². The predicted octanol–water partition coefficient (Wildman–Crippen LogP) is 3.33. The molecule has 45 heavy (non-hydrogen) atoms. The number of alkyl halides is 2. The first kappa shape index (κ1) is 35.5. The first-order chi connectivity index (χ1) is 20.8. The van der Waals surface area contributed by atoms with Gasteiger partial charge >= 0.3 is 0 Å². The first-order valence-electron chi connectivity index (χ1n) is 14.5. The molecule has 0 radical (unpaired) electrons. The van der Waals surface area contributed by atoms with Gasteiger partial charge in [-0.3, -0.25) is 4.79 Å². The number of nitrogens with zero attached hydrogens (tertiary/aromatic N) is 3. The number of carbonyl (C=O) groups excluding carboxylic acids is 1. The Morgan fingerprint density at radius 1 is 1.11 bits per heavy atom. The summed E-state index contributed by atoms with van der Waals surface area (Å²) in [5, 5.41) is 55.4. The van der Waals surface area contributed by atoms with E-state index in [0.29, 0.717) is 12.1 Å². The van der Waals surface area contributed by atoms with Gasteiger partial charge in [-0.05, 0) is 36.8 Å². The molecule has 1 aliphatic carbocycles. The Bertz CT molecular complexity index is 1340. The number of thioether (sulfide) groups is 1. The van der Waals surface area contributed by atoms with Crippen LogP contribution in [-0.4, -0.2) is 94.5 Å². The third-order valence-electron chi connectivity index (χ3n) is 8.38. The molecule has 252 valence electrons. The average Bonchev–Trinajstić information content (AvgIpc) is 3.42. The van der Waals surface area contributed by atoms with E-state index in [0.717, 1.165) is 16.4 Å². The van der Waals surface area contributed by atoms with Gasteiger partial charge in [0.1, 0.15) is 35.5 Å². The Morgan fingerprint density at radius 3 is 2.24 bits per heavy atom. The van der Waals surface area contributed by atoms with E-state index in [4.69, 9.17) is 4.74 Å². The minimum atomic E-state index is -2.99. The van der Waals surface area contributed by atoms with Crippen molar-refractivity contribution in [2.24, 2.45) is 5.41 Å². The molecule has 2 aliphatic rings. The second-order valence-electron chi connectivity index (χ2n) is 13.2. The lowest BCUT2D eigenvalue weighted by Crippen LogP contribution is -2.64. The van der Waals surface area contributed by atoms with Gasteiger partial charge in [-0.2, -0.15) is 0 Å². The summed E-state index contributed by atoms with van der Waals surface area (Å²) >= 11 is 0.917. The quantitative estimate of drug-likeness (QED) is 0.201. The molecule has 1 amide bonds. The summed E-state index contributed by atoms with van der Waals surface area (Å²) in [5.74, 6) is -8.02. The molecule has 5 N–H and O–H groups in total. The normalized spacial score (nSPS) is 28.0. The molecule has 1 aromatic heterocycles. The van der Waals surface area contributed by atoms with Crippen LogP contribution < -0.4 is 5.32 Å². The van der Waals surface area contributed by atoms with Gasteiger partial charge in [0.2, 0.25) is 11.8 Å². The highest BCUT2D eigenvalue weighted by atomic mass is 32.2. The summed E-state index contributed by atoms with van der Waals surface area (Å²) in [6, 6.07) is 0.0507.